The summed E-state index contributed by atoms with van der Waals surface area (Å²) in [6.45, 7) is 2.45. The van der Waals surface area contributed by atoms with Crippen LogP contribution in [0.4, 0.5) is 0 Å². The number of nitrogens with two attached hydrogens (primary N) is 2. The van der Waals surface area contributed by atoms with Crippen LogP contribution in [0.15, 0.2) is 18.2 Å². The molecule has 1 aromatic rings. The van der Waals surface area contributed by atoms with Crippen LogP contribution < -0.4 is 20.9 Å². The zero-order valence-corrected chi connectivity index (χ0v) is 11.2. The second kappa shape index (κ2) is 6.67. The molecule has 1 aromatic carbocycles. The summed E-state index contributed by atoms with van der Waals surface area (Å²) in [5, 5.41) is 0. The molecule has 1 amide bonds. The van der Waals surface area contributed by atoms with Gasteiger partial charge in [-0.3, -0.25) is 14.4 Å². The van der Waals surface area contributed by atoms with E-state index in [0.29, 0.717) is 5.56 Å². The van der Waals surface area contributed by atoms with Crippen molar-refractivity contribution in [2.75, 3.05) is 0 Å². The summed E-state index contributed by atoms with van der Waals surface area (Å²) in [6.07, 6.45) is 0.184. The third kappa shape index (κ3) is 4.69. The maximum atomic E-state index is 11.0. The molecule has 108 valence electrons. The molecular weight excluding hydrogens is 264 g/mol. The molecule has 20 heavy (non-hydrogen) atoms. The third-order valence-electron chi connectivity index (χ3n) is 2.34. The van der Waals surface area contributed by atoms with Crippen LogP contribution in [-0.4, -0.2) is 23.9 Å². The van der Waals surface area contributed by atoms with E-state index in [9.17, 15) is 14.4 Å². The molecule has 0 aromatic heterocycles. The first-order chi connectivity index (χ1) is 9.29. The third-order valence-corrected chi connectivity index (χ3v) is 2.34. The molecule has 0 aliphatic carbocycles. The Labute approximate surface area is 115 Å². The van der Waals surface area contributed by atoms with Crippen LogP contribution >= 0.6 is 0 Å². The van der Waals surface area contributed by atoms with Crippen molar-refractivity contribution in [2.45, 2.75) is 26.3 Å². The number of ether oxygens (including phenoxy) is 2. The highest BCUT2D eigenvalue weighted by Gasteiger charge is 2.14. The highest BCUT2D eigenvalue weighted by Crippen LogP contribution is 2.29. The largest absolute Gasteiger partial charge is 0.423 e. The molecule has 1 atom stereocenters. The molecule has 0 bridgehead atoms. The minimum absolute atomic E-state index is 0.0851. The fourth-order valence-corrected chi connectivity index (χ4v) is 1.51. The second-order valence-electron chi connectivity index (χ2n) is 4.18. The minimum Gasteiger partial charge on any atom is -0.423 e. The standard InChI is InChI=1S/C13H16N2O5/c1-7(16)19-11-4-3-9(5-10(14)13(15)18)6-12(11)20-8(2)17/h3-4,6,10H,5,14H2,1-2H3,(H2,15,18)/t10-/m0/s1. The molecule has 0 spiro atoms. The van der Waals surface area contributed by atoms with Crippen molar-refractivity contribution in [1.29, 1.82) is 0 Å². The van der Waals surface area contributed by atoms with Gasteiger partial charge < -0.3 is 20.9 Å². The van der Waals surface area contributed by atoms with Gasteiger partial charge in [-0.2, -0.15) is 0 Å². The first kappa shape index (κ1) is 15.6. The molecule has 7 nitrogen and oxygen atoms in total. The fourth-order valence-electron chi connectivity index (χ4n) is 1.51. The average molecular weight is 280 g/mol. The molecule has 0 saturated heterocycles. The van der Waals surface area contributed by atoms with Gasteiger partial charge in [0.05, 0.1) is 6.04 Å². The molecule has 0 radical (unpaired) electrons. The van der Waals surface area contributed by atoms with Crippen molar-refractivity contribution in [3.63, 3.8) is 0 Å². The Morgan fingerprint density at radius 3 is 2.15 bits per heavy atom. The number of rotatable bonds is 5. The van der Waals surface area contributed by atoms with E-state index >= 15 is 0 Å². The molecule has 0 aliphatic heterocycles. The van der Waals surface area contributed by atoms with Gasteiger partial charge in [-0.1, -0.05) is 6.07 Å². The molecule has 0 aliphatic rings. The normalized spacial score (nSPS) is 11.6. The Morgan fingerprint density at radius 1 is 1.10 bits per heavy atom. The number of hydrogen-bond donors (Lipinski definition) is 2. The summed E-state index contributed by atoms with van der Waals surface area (Å²) in [6, 6.07) is 3.69. The second-order valence-corrected chi connectivity index (χ2v) is 4.18. The van der Waals surface area contributed by atoms with E-state index < -0.39 is 23.9 Å². The highest BCUT2D eigenvalue weighted by atomic mass is 16.6. The lowest BCUT2D eigenvalue weighted by molar-refractivity contribution is -0.134. The summed E-state index contributed by atoms with van der Waals surface area (Å²) >= 11 is 0. The fraction of sp³-hybridized carbons (Fsp3) is 0.308. The maximum absolute atomic E-state index is 11.0. The van der Waals surface area contributed by atoms with Gasteiger partial charge >= 0.3 is 11.9 Å². The van der Waals surface area contributed by atoms with Gasteiger partial charge in [0.25, 0.3) is 0 Å². The first-order valence-electron chi connectivity index (χ1n) is 5.84. The van der Waals surface area contributed by atoms with Crippen LogP contribution in [0.3, 0.4) is 0 Å². The Kier molecular flexibility index (Phi) is 5.22. The predicted molar refractivity (Wildman–Crippen MR) is 69.9 cm³/mol. The van der Waals surface area contributed by atoms with Gasteiger partial charge in [0.2, 0.25) is 5.91 Å². The maximum Gasteiger partial charge on any atom is 0.308 e. The van der Waals surface area contributed by atoms with Crippen LogP contribution in [0.25, 0.3) is 0 Å². The number of hydrogen-bond acceptors (Lipinski definition) is 6. The molecule has 4 N–H and O–H groups in total. The molecular formula is C13H16N2O5. The smallest absolute Gasteiger partial charge is 0.308 e. The van der Waals surface area contributed by atoms with Gasteiger partial charge in [-0.25, -0.2) is 0 Å². The van der Waals surface area contributed by atoms with Crippen molar-refractivity contribution >= 4 is 17.8 Å². The van der Waals surface area contributed by atoms with Crippen LogP contribution in [0, 0.1) is 0 Å². The topological polar surface area (TPSA) is 122 Å². The molecule has 1 rings (SSSR count). The SMILES string of the molecule is CC(=O)Oc1ccc(C[C@H](N)C(N)=O)cc1OC(C)=O. The van der Waals surface area contributed by atoms with Gasteiger partial charge in [-0.15, -0.1) is 0 Å². The van der Waals surface area contributed by atoms with Crippen molar-refractivity contribution in [2.24, 2.45) is 11.5 Å². The number of carbonyl (C=O) groups excluding carboxylic acids is 3. The number of carbonyl (C=O) groups is 3. The van der Waals surface area contributed by atoms with E-state index in [1.807, 2.05) is 0 Å². The summed E-state index contributed by atoms with van der Waals surface area (Å²) in [5.41, 5.74) is 11.3. The van der Waals surface area contributed by atoms with Gasteiger partial charge in [0.1, 0.15) is 0 Å². The van der Waals surface area contributed by atoms with Crippen LogP contribution in [-0.2, 0) is 20.8 Å². The predicted octanol–water partition coefficient (Wildman–Crippen LogP) is -0.108. The van der Waals surface area contributed by atoms with Crippen molar-refractivity contribution < 1.29 is 23.9 Å². The minimum atomic E-state index is -0.847. The lowest BCUT2D eigenvalue weighted by Gasteiger charge is -2.12. The summed E-state index contributed by atoms with van der Waals surface area (Å²) in [5.74, 6) is -1.54. The molecule has 7 heteroatoms. The average Bonchev–Trinajstić information content (AvgIpc) is 2.31. The zero-order chi connectivity index (χ0) is 15.3. The number of esters is 2. The molecule has 0 saturated carbocycles. The monoisotopic (exact) mass is 280 g/mol. The van der Waals surface area contributed by atoms with Crippen molar-refractivity contribution in [3.05, 3.63) is 23.8 Å². The lowest BCUT2D eigenvalue weighted by atomic mass is 10.1. The van der Waals surface area contributed by atoms with E-state index in [4.69, 9.17) is 20.9 Å². The van der Waals surface area contributed by atoms with E-state index in [1.165, 1.54) is 26.0 Å². The number of primary amides is 1. The van der Waals surface area contributed by atoms with Crippen LogP contribution in [0.1, 0.15) is 19.4 Å². The Hall–Kier alpha value is -2.41. The number of benzene rings is 1. The quantitative estimate of drug-likeness (QED) is 0.573. The van der Waals surface area contributed by atoms with Crippen molar-refractivity contribution in [1.82, 2.24) is 0 Å². The summed E-state index contributed by atoms with van der Waals surface area (Å²) in [4.78, 5) is 32.9. The molecule has 0 unspecified atom stereocenters. The zero-order valence-electron chi connectivity index (χ0n) is 11.2. The number of amides is 1. The lowest BCUT2D eigenvalue weighted by Crippen LogP contribution is -2.38. The van der Waals surface area contributed by atoms with E-state index in [0.717, 1.165) is 0 Å². The van der Waals surface area contributed by atoms with Gasteiger partial charge in [0.15, 0.2) is 11.5 Å². The first-order valence-corrected chi connectivity index (χ1v) is 5.84. The van der Waals surface area contributed by atoms with Gasteiger partial charge in [-0.05, 0) is 24.1 Å². The van der Waals surface area contributed by atoms with Crippen molar-refractivity contribution in [3.8, 4) is 11.5 Å². The van der Waals surface area contributed by atoms with E-state index in [-0.39, 0.29) is 17.9 Å². The van der Waals surface area contributed by atoms with Crippen LogP contribution in [0.2, 0.25) is 0 Å². The van der Waals surface area contributed by atoms with Gasteiger partial charge in [0, 0.05) is 13.8 Å². The summed E-state index contributed by atoms with van der Waals surface area (Å²) < 4.78 is 9.87. The Bertz CT molecular complexity index is 542. The molecule has 0 fully saturated rings. The highest BCUT2D eigenvalue weighted by molar-refractivity contribution is 5.80. The van der Waals surface area contributed by atoms with Crippen LogP contribution in [0.5, 0.6) is 11.5 Å². The Morgan fingerprint density at radius 2 is 1.65 bits per heavy atom. The molecule has 0 heterocycles. The van der Waals surface area contributed by atoms with E-state index in [1.54, 1.807) is 6.07 Å². The summed E-state index contributed by atoms with van der Waals surface area (Å²) in [7, 11) is 0. The van der Waals surface area contributed by atoms with E-state index in [2.05, 4.69) is 0 Å². The Balaban J connectivity index is 3.03.